The van der Waals surface area contributed by atoms with Crippen LogP contribution >= 0.6 is 0 Å². The molecule has 0 atom stereocenters. The summed E-state index contributed by atoms with van der Waals surface area (Å²) < 4.78 is 23.7. The van der Waals surface area contributed by atoms with Gasteiger partial charge in [-0.1, -0.05) is 13.8 Å². The van der Waals surface area contributed by atoms with Crippen LogP contribution in [0.3, 0.4) is 0 Å². The zero-order valence-corrected chi connectivity index (χ0v) is 8.33. The molecule has 0 aliphatic rings. The van der Waals surface area contributed by atoms with Gasteiger partial charge >= 0.3 is 0 Å². The zero-order valence-electron chi connectivity index (χ0n) is 7.51. The molecule has 5 nitrogen and oxygen atoms in total. The van der Waals surface area contributed by atoms with Crippen molar-refractivity contribution in [1.82, 2.24) is 4.72 Å². The van der Waals surface area contributed by atoms with Crippen LogP contribution in [0.5, 0.6) is 0 Å². The summed E-state index contributed by atoms with van der Waals surface area (Å²) in [6.45, 7) is 3.56. The third-order valence-electron chi connectivity index (χ3n) is 1.51. The van der Waals surface area contributed by atoms with Gasteiger partial charge in [-0.3, -0.25) is 5.41 Å². The summed E-state index contributed by atoms with van der Waals surface area (Å²) >= 11 is 0. The summed E-state index contributed by atoms with van der Waals surface area (Å²) in [6.07, 6.45) is 1.07. The van der Waals surface area contributed by atoms with Crippen LogP contribution in [0.2, 0.25) is 0 Å². The number of nitrogens with one attached hydrogen (secondary N) is 2. The van der Waals surface area contributed by atoms with E-state index in [-0.39, 0.29) is 12.4 Å². The molecule has 0 aromatic carbocycles. The number of hydrogen-bond acceptors (Lipinski definition) is 3. The normalized spacial score (nSPS) is 12.9. The summed E-state index contributed by atoms with van der Waals surface area (Å²) in [7, 11) is -3.19. The first-order chi connectivity index (χ1) is 5.15. The van der Waals surface area contributed by atoms with Crippen molar-refractivity contribution < 1.29 is 8.42 Å². The lowest BCUT2D eigenvalue weighted by Gasteiger charge is -2.22. The Bertz CT molecular complexity index is 269. The quantitative estimate of drug-likeness (QED) is 0.415. The van der Waals surface area contributed by atoms with E-state index in [0.717, 1.165) is 6.26 Å². The highest BCUT2D eigenvalue weighted by Crippen LogP contribution is 2.12. The third-order valence-corrected chi connectivity index (χ3v) is 2.17. The molecule has 0 saturated heterocycles. The van der Waals surface area contributed by atoms with E-state index in [9.17, 15) is 8.42 Å². The van der Waals surface area contributed by atoms with Crippen molar-refractivity contribution in [3.05, 3.63) is 0 Å². The van der Waals surface area contributed by atoms with Gasteiger partial charge in [-0.2, -0.15) is 0 Å². The SMILES string of the molecule is CC(C)(CNS(C)(=O)=O)C(=N)N. The van der Waals surface area contributed by atoms with E-state index in [2.05, 4.69) is 4.72 Å². The molecule has 6 heteroatoms. The van der Waals surface area contributed by atoms with Crippen LogP contribution in [0.4, 0.5) is 0 Å². The summed E-state index contributed by atoms with van der Waals surface area (Å²) in [5.74, 6) is -0.0290. The Morgan fingerprint density at radius 1 is 1.58 bits per heavy atom. The molecule has 0 bridgehead atoms. The lowest BCUT2D eigenvalue weighted by molar-refractivity contribution is 0.495. The molecule has 0 radical (unpaired) electrons. The summed E-state index contributed by atoms with van der Waals surface area (Å²) in [6, 6.07) is 0. The molecule has 0 unspecified atom stereocenters. The van der Waals surface area contributed by atoms with Gasteiger partial charge in [-0.15, -0.1) is 0 Å². The van der Waals surface area contributed by atoms with Crippen molar-refractivity contribution in [3.63, 3.8) is 0 Å². The average molecular weight is 193 g/mol. The maximum Gasteiger partial charge on any atom is 0.208 e. The molecule has 0 fully saturated rings. The molecule has 0 rings (SSSR count). The first-order valence-electron chi connectivity index (χ1n) is 3.44. The standard InChI is InChI=1S/C6H15N3O2S/c1-6(2,5(7)8)4-9-12(3,10)11/h9H,4H2,1-3H3,(H3,7,8). The first-order valence-corrected chi connectivity index (χ1v) is 5.33. The summed E-state index contributed by atoms with van der Waals surface area (Å²) in [4.78, 5) is 0. The molecule has 0 aromatic rings. The van der Waals surface area contributed by atoms with Gasteiger partial charge in [0.25, 0.3) is 0 Å². The zero-order chi connectivity index (χ0) is 9.99. The van der Waals surface area contributed by atoms with Crippen LogP contribution < -0.4 is 10.5 Å². The Morgan fingerprint density at radius 2 is 2.00 bits per heavy atom. The van der Waals surface area contributed by atoms with Gasteiger partial charge in [0.15, 0.2) is 0 Å². The fraction of sp³-hybridized carbons (Fsp3) is 0.833. The van der Waals surface area contributed by atoms with E-state index in [1.807, 2.05) is 0 Å². The smallest absolute Gasteiger partial charge is 0.208 e. The molecule has 0 aromatic heterocycles. The second kappa shape index (κ2) is 3.40. The van der Waals surface area contributed by atoms with E-state index in [1.165, 1.54) is 0 Å². The minimum absolute atomic E-state index is 0.0290. The van der Waals surface area contributed by atoms with E-state index >= 15 is 0 Å². The highest BCUT2D eigenvalue weighted by atomic mass is 32.2. The van der Waals surface area contributed by atoms with Crippen LogP contribution in [-0.2, 0) is 10.0 Å². The lowest BCUT2D eigenvalue weighted by Crippen LogP contribution is -2.41. The maximum atomic E-state index is 10.7. The maximum absolute atomic E-state index is 10.7. The number of hydrogen-bond donors (Lipinski definition) is 3. The van der Waals surface area contributed by atoms with Crippen molar-refractivity contribution >= 4 is 15.9 Å². The van der Waals surface area contributed by atoms with E-state index in [0.29, 0.717) is 0 Å². The van der Waals surface area contributed by atoms with Crippen LogP contribution in [0.15, 0.2) is 0 Å². The van der Waals surface area contributed by atoms with E-state index in [1.54, 1.807) is 13.8 Å². The molecule has 4 N–H and O–H groups in total. The Hall–Kier alpha value is -0.620. The minimum Gasteiger partial charge on any atom is -0.387 e. The van der Waals surface area contributed by atoms with Gasteiger partial charge in [0.2, 0.25) is 10.0 Å². The van der Waals surface area contributed by atoms with E-state index in [4.69, 9.17) is 11.1 Å². The Kier molecular flexibility index (Phi) is 3.23. The summed E-state index contributed by atoms with van der Waals surface area (Å²) in [5, 5.41) is 7.15. The topological polar surface area (TPSA) is 96.0 Å². The molecule has 0 aliphatic carbocycles. The molecule has 0 amide bonds. The van der Waals surface area contributed by atoms with Gasteiger partial charge < -0.3 is 5.73 Å². The number of nitrogens with two attached hydrogens (primary N) is 1. The van der Waals surface area contributed by atoms with E-state index < -0.39 is 15.4 Å². The number of amidine groups is 1. The largest absolute Gasteiger partial charge is 0.387 e. The molecular formula is C6H15N3O2S. The van der Waals surface area contributed by atoms with Gasteiger partial charge in [-0.05, 0) is 0 Å². The molecule has 72 valence electrons. The van der Waals surface area contributed by atoms with Gasteiger partial charge in [0.1, 0.15) is 0 Å². The number of sulfonamides is 1. The Balaban J connectivity index is 4.20. The molecule has 0 spiro atoms. The minimum atomic E-state index is -3.19. The Labute approximate surface area is 72.9 Å². The van der Waals surface area contributed by atoms with Crippen molar-refractivity contribution in [1.29, 1.82) is 5.41 Å². The van der Waals surface area contributed by atoms with Gasteiger partial charge in [0.05, 0.1) is 12.1 Å². The van der Waals surface area contributed by atoms with Crippen LogP contribution in [-0.4, -0.2) is 27.1 Å². The van der Waals surface area contributed by atoms with Crippen LogP contribution in [0.25, 0.3) is 0 Å². The molecule has 0 heterocycles. The fourth-order valence-electron chi connectivity index (χ4n) is 0.407. The lowest BCUT2D eigenvalue weighted by atomic mass is 9.93. The van der Waals surface area contributed by atoms with Crippen molar-refractivity contribution in [3.8, 4) is 0 Å². The molecular weight excluding hydrogens is 178 g/mol. The second-order valence-electron chi connectivity index (χ2n) is 3.39. The first kappa shape index (κ1) is 11.4. The van der Waals surface area contributed by atoms with Crippen molar-refractivity contribution in [2.24, 2.45) is 11.1 Å². The van der Waals surface area contributed by atoms with Gasteiger partial charge in [-0.25, -0.2) is 13.1 Å². The van der Waals surface area contributed by atoms with Crippen LogP contribution in [0, 0.1) is 10.8 Å². The summed E-state index contributed by atoms with van der Waals surface area (Å²) in [5.41, 5.74) is 4.63. The van der Waals surface area contributed by atoms with Gasteiger partial charge in [0, 0.05) is 12.0 Å². The molecule has 0 saturated carbocycles. The average Bonchev–Trinajstić information content (AvgIpc) is 1.82. The monoisotopic (exact) mass is 193 g/mol. The van der Waals surface area contributed by atoms with Crippen molar-refractivity contribution in [2.45, 2.75) is 13.8 Å². The second-order valence-corrected chi connectivity index (χ2v) is 5.22. The fourth-order valence-corrected chi connectivity index (χ4v) is 1.03. The third kappa shape index (κ3) is 4.30. The predicted octanol–water partition coefficient (Wildman–Crippen LogP) is -0.502. The van der Waals surface area contributed by atoms with Crippen molar-refractivity contribution in [2.75, 3.05) is 12.8 Å². The highest BCUT2D eigenvalue weighted by Gasteiger charge is 2.22. The highest BCUT2D eigenvalue weighted by molar-refractivity contribution is 7.88. The predicted molar refractivity (Wildman–Crippen MR) is 48.5 cm³/mol. The Morgan fingerprint density at radius 3 is 2.25 bits per heavy atom. The number of rotatable bonds is 4. The van der Waals surface area contributed by atoms with Crippen LogP contribution in [0.1, 0.15) is 13.8 Å². The molecule has 0 aliphatic heterocycles. The molecule has 12 heavy (non-hydrogen) atoms.